The van der Waals surface area contributed by atoms with Gasteiger partial charge in [0, 0.05) is 32.8 Å². The predicted molar refractivity (Wildman–Crippen MR) is 82.3 cm³/mol. The van der Waals surface area contributed by atoms with E-state index in [2.05, 4.69) is 37.2 Å². The summed E-state index contributed by atoms with van der Waals surface area (Å²) < 4.78 is 1.69. The van der Waals surface area contributed by atoms with E-state index in [4.69, 9.17) is 0 Å². The van der Waals surface area contributed by atoms with Gasteiger partial charge >= 0.3 is 0 Å². The fourth-order valence-corrected chi connectivity index (χ4v) is 2.23. The van der Waals surface area contributed by atoms with Gasteiger partial charge in [0.25, 0.3) is 5.69 Å². The third kappa shape index (κ3) is 3.78. The number of nitrogens with zero attached hydrogens (tertiary/aromatic N) is 1. The zero-order valence-corrected chi connectivity index (χ0v) is 12.9. The molecule has 0 saturated heterocycles. The van der Waals surface area contributed by atoms with Gasteiger partial charge in [0.2, 0.25) is 0 Å². The maximum Gasteiger partial charge on any atom is 0.275 e. The summed E-state index contributed by atoms with van der Waals surface area (Å²) in [6.45, 7) is 0.408. The molecule has 1 N–H and O–H groups in total. The minimum absolute atomic E-state index is 0.110. The number of hydrogen-bond donors (Lipinski definition) is 1. The van der Waals surface area contributed by atoms with Crippen LogP contribution in [0, 0.1) is 10.1 Å². The maximum absolute atomic E-state index is 11.0. The lowest BCUT2D eigenvalue weighted by Crippen LogP contribution is -2.03. The molecular weight excluding hydrogens is 376 g/mol. The number of nitro benzene ring substituents is 1. The molecule has 98 valence electrons. The van der Waals surface area contributed by atoms with E-state index >= 15 is 0 Å². The Labute approximate surface area is 127 Å². The molecule has 2 rings (SSSR count). The molecule has 6 heteroatoms. The van der Waals surface area contributed by atoms with Crippen molar-refractivity contribution in [1.29, 1.82) is 0 Å². The number of anilines is 1. The van der Waals surface area contributed by atoms with Crippen LogP contribution in [0.15, 0.2) is 51.4 Å². The van der Waals surface area contributed by atoms with Crippen LogP contribution < -0.4 is 5.32 Å². The second kappa shape index (κ2) is 6.16. The van der Waals surface area contributed by atoms with E-state index in [1.165, 1.54) is 6.07 Å². The number of halogens is 2. The Morgan fingerprint density at radius 2 is 1.68 bits per heavy atom. The third-order valence-corrected chi connectivity index (χ3v) is 3.59. The molecule has 0 aliphatic heterocycles. The highest BCUT2D eigenvalue weighted by molar-refractivity contribution is 9.10. The minimum Gasteiger partial charge on any atom is -0.381 e. The second-order valence-corrected chi connectivity index (χ2v) is 5.72. The smallest absolute Gasteiger partial charge is 0.275 e. The zero-order valence-electron chi connectivity index (χ0n) is 9.77. The lowest BCUT2D eigenvalue weighted by atomic mass is 10.2. The van der Waals surface area contributed by atoms with Crippen molar-refractivity contribution in [1.82, 2.24) is 0 Å². The van der Waals surface area contributed by atoms with E-state index in [0.717, 1.165) is 10.2 Å². The van der Waals surface area contributed by atoms with Crippen molar-refractivity contribution >= 4 is 43.2 Å². The molecule has 0 saturated carbocycles. The number of rotatable bonds is 4. The third-order valence-electron chi connectivity index (χ3n) is 2.57. The van der Waals surface area contributed by atoms with E-state index in [-0.39, 0.29) is 10.6 Å². The van der Waals surface area contributed by atoms with Crippen molar-refractivity contribution in [2.75, 3.05) is 5.32 Å². The van der Waals surface area contributed by atoms with Crippen LogP contribution in [0.3, 0.4) is 0 Å². The quantitative estimate of drug-likeness (QED) is 0.611. The first-order valence-corrected chi connectivity index (χ1v) is 7.07. The fourth-order valence-electron chi connectivity index (χ4n) is 1.62. The molecular formula is C13H10Br2N2O2. The summed E-state index contributed by atoms with van der Waals surface area (Å²) in [5.41, 5.74) is 1.68. The van der Waals surface area contributed by atoms with Gasteiger partial charge in [-0.25, -0.2) is 0 Å². The first-order chi connectivity index (χ1) is 9.06. The highest BCUT2D eigenvalue weighted by atomic mass is 79.9. The molecule has 0 bridgehead atoms. The van der Waals surface area contributed by atoms with Crippen molar-refractivity contribution in [2.24, 2.45) is 0 Å². The van der Waals surface area contributed by atoms with Gasteiger partial charge in [-0.1, -0.05) is 31.9 Å². The Balaban J connectivity index is 2.15. The van der Waals surface area contributed by atoms with Gasteiger partial charge in [0.05, 0.1) is 4.92 Å². The summed E-state index contributed by atoms with van der Waals surface area (Å²) >= 11 is 6.60. The van der Waals surface area contributed by atoms with Crippen LogP contribution in [0.2, 0.25) is 0 Å². The van der Waals surface area contributed by atoms with E-state index in [0.29, 0.717) is 16.6 Å². The second-order valence-electron chi connectivity index (χ2n) is 3.89. The monoisotopic (exact) mass is 384 g/mol. The van der Waals surface area contributed by atoms with Crippen molar-refractivity contribution in [3.63, 3.8) is 0 Å². The Morgan fingerprint density at radius 3 is 2.32 bits per heavy atom. The molecule has 0 aromatic heterocycles. The predicted octanol–water partition coefficient (Wildman–Crippen LogP) is 4.73. The molecule has 0 spiro atoms. The minimum atomic E-state index is -0.372. The summed E-state index contributed by atoms with van der Waals surface area (Å²) in [7, 11) is 0. The Bertz CT molecular complexity index is 600. The molecule has 0 aliphatic rings. The summed E-state index contributed by atoms with van der Waals surface area (Å²) in [4.78, 5) is 10.6. The molecule has 19 heavy (non-hydrogen) atoms. The van der Waals surface area contributed by atoms with E-state index in [1.807, 2.05) is 24.3 Å². The highest BCUT2D eigenvalue weighted by Crippen LogP contribution is 2.24. The number of hydrogen-bond acceptors (Lipinski definition) is 3. The van der Waals surface area contributed by atoms with Crippen molar-refractivity contribution < 1.29 is 4.92 Å². The Morgan fingerprint density at radius 1 is 1.05 bits per heavy atom. The Kier molecular flexibility index (Phi) is 4.55. The van der Waals surface area contributed by atoms with Gasteiger partial charge in [-0.15, -0.1) is 0 Å². The van der Waals surface area contributed by atoms with Gasteiger partial charge in [-0.3, -0.25) is 10.1 Å². The normalized spacial score (nSPS) is 10.2. The molecule has 0 unspecified atom stereocenters. The average Bonchev–Trinajstić information content (AvgIpc) is 2.39. The van der Waals surface area contributed by atoms with Crippen LogP contribution in [0.5, 0.6) is 0 Å². The number of nitrogens with one attached hydrogen (secondary N) is 1. The van der Waals surface area contributed by atoms with Gasteiger partial charge in [0.15, 0.2) is 0 Å². The summed E-state index contributed by atoms with van der Waals surface area (Å²) in [6, 6.07) is 12.7. The number of benzene rings is 2. The van der Waals surface area contributed by atoms with E-state index in [9.17, 15) is 10.1 Å². The van der Waals surface area contributed by atoms with Crippen LogP contribution in [0.25, 0.3) is 0 Å². The summed E-state index contributed by atoms with van der Waals surface area (Å²) in [5, 5.41) is 14.1. The van der Waals surface area contributed by atoms with Crippen LogP contribution in [-0.2, 0) is 6.54 Å². The van der Waals surface area contributed by atoms with Crippen molar-refractivity contribution in [2.45, 2.75) is 6.54 Å². The first kappa shape index (κ1) is 14.0. The summed E-state index contributed by atoms with van der Waals surface area (Å²) in [5.74, 6) is 0. The van der Waals surface area contributed by atoms with Crippen LogP contribution in [0.4, 0.5) is 11.4 Å². The largest absolute Gasteiger partial charge is 0.381 e. The molecule has 0 radical (unpaired) electrons. The lowest BCUT2D eigenvalue weighted by Gasteiger charge is -2.07. The van der Waals surface area contributed by atoms with Crippen molar-refractivity contribution in [3.8, 4) is 0 Å². The van der Waals surface area contributed by atoms with Crippen LogP contribution in [0.1, 0.15) is 5.56 Å². The molecule has 4 nitrogen and oxygen atoms in total. The standard InChI is InChI=1S/C13H10Br2N2O2/c14-10-3-5-12(6-4-10)16-8-9-1-2-11(15)7-13(9)17(18)19/h1-7,16H,8H2. The lowest BCUT2D eigenvalue weighted by molar-refractivity contribution is -0.385. The van der Waals surface area contributed by atoms with Gasteiger partial charge in [-0.2, -0.15) is 0 Å². The first-order valence-electron chi connectivity index (χ1n) is 5.48. The highest BCUT2D eigenvalue weighted by Gasteiger charge is 2.13. The molecule has 0 amide bonds. The zero-order chi connectivity index (χ0) is 13.8. The van der Waals surface area contributed by atoms with Gasteiger partial charge in [-0.05, 0) is 36.4 Å². The maximum atomic E-state index is 11.0. The topological polar surface area (TPSA) is 55.2 Å². The SMILES string of the molecule is O=[N+]([O-])c1cc(Br)ccc1CNc1ccc(Br)cc1. The molecule has 0 heterocycles. The molecule has 0 atom stereocenters. The molecule has 2 aromatic rings. The fraction of sp³-hybridized carbons (Fsp3) is 0.0769. The van der Waals surface area contributed by atoms with Gasteiger partial charge < -0.3 is 5.32 Å². The molecule has 0 fully saturated rings. The summed E-state index contributed by atoms with van der Waals surface area (Å²) in [6.07, 6.45) is 0. The van der Waals surface area contributed by atoms with Crippen LogP contribution >= 0.6 is 31.9 Å². The van der Waals surface area contributed by atoms with Crippen molar-refractivity contribution in [3.05, 3.63) is 67.1 Å². The Hall–Kier alpha value is -1.40. The van der Waals surface area contributed by atoms with Crippen LogP contribution in [-0.4, -0.2) is 4.92 Å². The molecule has 0 aliphatic carbocycles. The van der Waals surface area contributed by atoms with E-state index in [1.54, 1.807) is 12.1 Å². The molecule has 2 aromatic carbocycles. The number of nitro groups is 1. The average molecular weight is 386 g/mol. The van der Waals surface area contributed by atoms with E-state index < -0.39 is 0 Å². The van der Waals surface area contributed by atoms with Gasteiger partial charge in [0.1, 0.15) is 0 Å².